The number of thiophene rings is 1. The third-order valence-electron chi connectivity index (χ3n) is 6.01. The van der Waals surface area contributed by atoms with Crippen LogP contribution < -0.4 is 10.9 Å². The molecule has 0 bridgehead atoms. The fourth-order valence-corrected chi connectivity index (χ4v) is 6.03. The molecule has 34 heavy (non-hydrogen) atoms. The first kappa shape index (κ1) is 24.2. The zero-order valence-electron chi connectivity index (χ0n) is 20.2. The average Bonchev–Trinajstić information content (AvgIpc) is 3.11. The third kappa shape index (κ3) is 4.81. The van der Waals surface area contributed by atoms with Crippen LogP contribution in [-0.4, -0.2) is 21.2 Å². The standard InChI is InChI=1S/C27H29N3O2S2/c1-6-9-22-19(5)24-25(34-22)29-27(30(26(24)32)20-13-12-16(2)18(4)14-20)33-15-23(31)28-21-11-8-7-10-17(21)3/h7-8,10-14H,6,9,15H2,1-5H3,(H,28,31). The minimum absolute atomic E-state index is 0.0776. The number of nitrogens with one attached hydrogen (secondary N) is 1. The molecule has 2 aromatic heterocycles. The Hall–Kier alpha value is -2.90. The van der Waals surface area contributed by atoms with Gasteiger partial charge in [0.15, 0.2) is 5.16 Å². The van der Waals surface area contributed by atoms with Gasteiger partial charge in [-0.2, -0.15) is 0 Å². The Balaban J connectivity index is 1.76. The van der Waals surface area contributed by atoms with E-state index in [2.05, 4.69) is 19.2 Å². The lowest BCUT2D eigenvalue weighted by Crippen LogP contribution is -2.23. The van der Waals surface area contributed by atoms with Gasteiger partial charge in [0.25, 0.3) is 5.56 Å². The van der Waals surface area contributed by atoms with Crippen molar-refractivity contribution in [3.8, 4) is 5.69 Å². The van der Waals surface area contributed by atoms with Crippen molar-refractivity contribution in [3.63, 3.8) is 0 Å². The Morgan fingerprint density at radius 1 is 1.06 bits per heavy atom. The van der Waals surface area contributed by atoms with Crippen LogP contribution in [0.3, 0.4) is 0 Å². The molecule has 176 valence electrons. The lowest BCUT2D eigenvalue weighted by Gasteiger charge is -2.14. The predicted octanol–water partition coefficient (Wildman–Crippen LogP) is 6.36. The molecule has 1 N–H and O–H groups in total. The van der Waals surface area contributed by atoms with E-state index in [0.717, 1.165) is 51.3 Å². The SMILES string of the molecule is CCCc1sc2nc(SCC(=O)Nc3ccccc3C)n(-c3ccc(C)c(C)c3)c(=O)c2c1C. The van der Waals surface area contributed by atoms with Crippen molar-refractivity contribution < 1.29 is 4.79 Å². The quantitative estimate of drug-likeness (QED) is 0.241. The monoisotopic (exact) mass is 491 g/mol. The Bertz CT molecular complexity index is 1440. The number of carbonyl (C=O) groups is 1. The van der Waals surface area contributed by atoms with Crippen molar-refractivity contribution in [3.05, 3.63) is 79.9 Å². The summed E-state index contributed by atoms with van der Waals surface area (Å²) in [6.45, 7) is 10.2. The maximum Gasteiger partial charge on any atom is 0.267 e. The molecule has 0 aliphatic rings. The largest absolute Gasteiger partial charge is 0.325 e. The lowest BCUT2D eigenvalue weighted by molar-refractivity contribution is -0.113. The van der Waals surface area contributed by atoms with E-state index in [1.807, 2.05) is 63.2 Å². The highest BCUT2D eigenvalue weighted by Crippen LogP contribution is 2.31. The summed E-state index contributed by atoms with van der Waals surface area (Å²) < 4.78 is 1.66. The second-order valence-corrected chi connectivity index (χ2v) is 10.6. The first-order valence-corrected chi connectivity index (χ1v) is 13.2. The van der Waals surface area contributed by atoms with E-state index in [4.69, 9.17) is 4.98 Å². The van der Waals surface area contributed by atoms with Gasteiger partial charge in [0.2, 0.25) is 5.91 Å². The number of aromatic nitrogens is 2. The molecular formula is C27H29N3O2S2. The number of rotatable bonds is 7. The van der Waals surface area contributed by atoms with Crippen LogP contribution in [0.2, 0.25) is 0 Å². The topological polar surface area (TPSA) is 64.0 Å². The first-order valence-electron chi connectivity index (χ1n) is 11.4. The summed E-state index contributed by atoms with van der Waals surface area (Å²) in [5.41, 5.74) is 5.77. The molecule has 0 aliphatic carbocycles. The van der Waals surface area contributed by atoms with Gasteiger partial charge in [-0.3, -0.25) is 14.2 Å². The summed E-state index contributed by atoms with van der Waals surface area (Å²) in [7, 11) is 0. The first-order chi connectivity index (χ1) is 16.3. The van der Waals surface area contributed by atoms with Gasteiger partial charge < -0.3 is 5.32 Å². The average molecular weight is 492 g/mol. The van der Waals surface area contributed by atoms with Crippen LogP contribution in [0.5, 0.6) is 0 Å². The van der Waals surface area contributed by atoms with Gasteiger partial charge in [0, 0.05) is 10.6 Å². The van der Waals surface area contributed by atoms with Crippen molar-refractivity contribution in [1.29, 1.82) is 0 Å². The van der Waals surface area contributed by atoms with Gasteiger partial charge >= 0.3 is 0 Å². The lowest BCUT2D eigenvalue weighted by atomic mass is 10.1. The fourth-order valence-electron chi connectivity index (χ4n) is 3.89. The summed E-state index contributed by atoms with van der Waals surface area (Å²) in [4.78, 5) is 33.3. The third-order valence-corrected chi connectivity index (χ3v) is 8.19. The smallest absolute Gasteiger partial charge is 0.267 e. The Labute approximate surface area is 208 Å². The summed E-state index contributed by atoms with van der Waals surface area (Å²) >= 11 is 2.88. The van der Waals surface area contributed by atoms with Gasteiger partial charge in [0.05, 0.1) is 16.8 Å². The van der Waals surface area contributed by atoms with Crippen LogP contribution in [0.15, 0.2) is 52.4 Å². The number of fused-ring (bicyclic) bond motifs is 1. The number of benzene rings is 2. The summed E-state index contributed by atoms with van der Waals surface area (Å²) in [6, 6.07) is 13.7. The zero-order valence-corrected chi connectivity index (χ0v) is 21.8. The number of nitrogens with zero attached hydrogens (tertiary/aromatic N) is 2. The molecule has 4 aromatic rings. The van der Waals surface area contributed by atoms with Crippen LogP contribution >= 0.6 is 23.1 Å². The number of hydrogen-bond donors (Lipinski definition) is 1. The molecule has 2 heterocycles. The molecule has 0 saturated heterocycles. The number of amides is 1. The molecule has 0 aliphatic heterocycles. The normalized spacial score (nSPS) is 11.2. The molecule has 0 atom stereocenters. The van der Waals surface area contributed by atoms with Gasteiger partial charge in [-0.1, -0.05) is 49.4 Å². The molecule has 0 fully saturated rings. The second-order valence-electron chi connectivity index (χ2n) is 8.54. The van der Waals surface area contributed by atoms with Gasteiger partial charge in [-0.25, -0.2) is 4.98 Å². The van der Waals surface area contributed by atoms with Crippen molar-refractivity contribution in [1.82, 2.24) is 9.55 Å². The number of aryl methyl sites for hydroxylation is 5. The molecule has 1 amide bonds. The fraction of sp³-hybridized carbons (Fsp3) is 0.296. The molecule has 5 nitrogen and oxygen atoms in total. The van der Waals surface area contributed by atoms with Crippen LogP contribution in [-0.2, 0) is 11.2 Å². The molecule has 2 aromatic carbocycles. The van der Waals surface area contributed by atoms with Crippen LogP contribution in [0.1, 0.15) is 40.5 Å². The van der Waals surface area contributed by atoms with Gasteiger partial charge in [-0.15, -0.1) is 11.3 Å². The maximum absolute atomic E-state index is 13.8. The van der Waals surface area contributed by atoms with Crippen molar-refractivity contribution in [2.45, 2.75) is 52.6 Å². The van der Waals surface area contributed by atoms with Crippen LogP contribution in [0, 0.1) is 27.7 Å². The minimum Gasteiger partial charge on any atom is -0.325 e. The molecule has 4 rings (SSSR count). The van der Waals surface area contributed by atoms with E-state index >= 15 is 0 Å². The molecule has 0 radical (unpaired) electrons. The summed E-state index contributed by atoms with van der Waals surface area (Å²) in [6.07, 6.45) is 1.94. The molecule has 0 unspecified atom stereocenters. The van der Waals surface area contributed by atoms with Crippen LogP contribution in [0.4, 0.5) is 5.69 Å². The summed E-state index contributed by atoms with van der Waals surface area (Å²) in [5.74, 6) is 0.0258. The highest BCUT2D eigenvalue weighted by molar-refractivity contribution is 7.99. The zero-order chi connectivity index (χ0) is 24.4. The number of para-hydroxylation sites is 1. The van der Waals surface area contributed by atoms with E-state index in [1.165, 1.54) is 16.6 Å². The number of hydrogen-bond acceptors (Lipinski definition) is 5. The molecule has 0 spiro atoms. The molecule has 0 saturated carbocycles. The van der Waals surface area contributed by atoms with Gasteiger partial charge in [0.1, 0.15) is 4.83 Å². The Kier molecular flexibility index (Phi) is 7.24. The maximum atomic E-state index is 13.8. The predicted molar refractivity (Wildman–Crippen MR) is 144 cm³/mol. The molecular weight excluding hydrogens is 462 g/mol. The van der Waals surface area contributed by atoms with E-state index in [-0.39, 0.29) is 17.2 Å². The van der Waals surface area contributed by atoms with E-state index in [9.17, 15) is 9.59 Å². The second kappa shape index (κ2) is 10.2. The van der Waals surface area contributed by atoms with Crippen molar-refractivity contribution in [2.75, 3.05) is 11.1 Å². The Morgan fingerprint density at radius 2 is 1.82 bits per heavy atom. The molecule has 7 heteroatoms. The highest BCUT2D eigenvalue weighted by atomic mass is 32.2. The van der Waals surface area contributed by atoms with E-state index in [1.54, 1.807) is 15.9 Å². The number of anilines is 1. The highest BCUT2D eigenvalue weighted by Gasteiger charge is 2.20. The van der Waals surface area contributed by atoms with E-state index in [0.29, 0.717) is 10.5 Å². The van der Waals surface area contributed by atoms with Gasteiger partial charge in [-0.05, 0) is 74.6 Å². The number of carbonyl (C=O) groups excluding carboxylic acids is 1. The summed E-state index contributed by atoms with van der Waals surface area (Å²) in [5, 5.41) is 4.18. The minimum atomic E-state index is -0.130. The Morgan fingerprint density at radius 3 is 2.53 bits per heavy atom. The number of thioether (sulfide) groups is 1. The van der Waals surface area contributed by atoms with Crippen LogP contribution in [0.25, 0.3) is 15.9 Å². The van der Waals surface area contributed by atoms with Crippen molar-refractivity contribution >= 4 is 44.9 Å². The van der Waals surface area contributed by atoms with Crippen molar-refractivity contribution in [2.24, 2.45) is 0 Å². The van der Waals surface area contributed by atoms with E-state index < -0.39 is 0 Å².